The third-order valence-electron chi connectivity index (χ3n) is 5.44. The Morgan fingerprint density at radius 2 is 1.91 bits per heavy atom. The summed E-state index contributed by atoms with van der Waals surface area (Å²) in [6, 6.07) is 19.2. The van der Waals surface area contributed by atoms with Crippen molar-refractivity contribution in [2.24, 2.45) is 5.10 Å². The summed E-state index contributed by atoms with van der Waals surface area (Å²) in [6.07, 6.45) is 2.46. The summed E-state index contributed by atoms with van der Waals surface area (Å²) in [5.41, 5.74) is 1.74. The SMILES string of the molecule is CC[C@@H](C)c1nc2ccc(Br)cc2c(=O)n1N=Cc1ccc(OCc2ccccc2F)cc1. The van der Waals surface area contributed by atoms with E-state index in [4.69, 9.17) is 9.72 Å². The van der Waals surface area contributed by atoms with Gasteiger partial charge >= 0.3 is 0 Å². The van der Waals surface area contributed by atoms with E-state index >= 15 is 0 Å². The first kappa shape index (κ1) is 22.9. The summed E-state index contributed by atoms with van der Waals surface area (Å²) in [4.78, 5) is 17.9. The molecule has 5 nitrogen and oxygen atoms in total. The zero-order valence-corrected chi connectivity index (χ0v) is 19.9. The van der Waals surface area contributed by atoms with E-state index in [2.05, 4.69) is 28.0 Å². The molecule has 168 valence electrons. The molecule has 0 aliphatic carbocycles. The van der Waals surface area contributed by atoms with E-state index in [1.54, 1.807) is 42.6 Å². The molecule has 0 saturated heterocycles. The van der Waals surface area contributed by atoms with Gasteiger partial charge in [-0.15, -0.1) is 0 Å². The van der Waals surface area contributed by atoms with E-state index in [1.807, 2.05) is 31.2 Å². The van der Waals surface area contributed by atoms with Crippen LogP contribution in [-0.2, 0) is 6.61 Å². The Morgan fingerprint density at radius 1 is 1.15 bits per heavy atom. The zero-order valence-electron chi connectivity index (χ0n) is 18.3. The molecule has 0 unspecified atom stereocenters. The Bertz CT molecular complexity index is 1370. The Balaban J connectivity index is 1.59. The van der Waals surface area contributed by atoms with Crippen LogP contribution in [0.5, 0.6) is 5.75 Å². The lowest BCUT2D eigenvalue weighted by Gasteiger charge is -2.14. The fourth-order valence-electron chi connectivity index (χ4n) is 3.33. The summed E-state index contributed by atoms with van der Waals surface area (Å²) >= 11 is 3.42. The standard InChI is InChI=1S/C26H23BrFN3O2/c1-3-17(2)25-30-24-13-10-20(27)14-22(24)26(32)31(25)29-15-18-8-11-21(12-9-18)33-16-19-6-4-5-7-23(19)28/h4-15,17H,3,16H2,1-2H3/t17-/m1/s1. The first-order valence-corrected chi connectivity index (χ1v) is 11.5. The molecule has 0 N–H and O–H groups in total. The predicted octanol–water partition coefficient (Wildman–Crippen LogP) is 6.27. The van der Waals surface area contributed by atoms with Crippen molar-refractivity contribution in [1.82, 2.24) is 9.66 Å². The molecule has 7 heteroatoms. The molecule has 0 fully saturated rings. The van der Waals surface area contributed by atoms with Crippen LogP contribution in [0.1, 0.15) is 43.1 Å². The summed E-state index contributed by atoms with van der Waals surface area (Å²) in [6.45, 7) is 4.23. The van der Waals surface area contributed by atoms with Gasteiger partial charge in [0.15, 0.2) is 0 Å². The second-order valence-electron chi connectivity index (χ2n) is 7.75. The molecule has 0 aliphatic rings. The van der Waals surface area contributed by atoms with E-state index in [0.717, 1.165) is 16.5 Å². The van der Waals surface area contributed by atoms with Crippen LogP contribution in [0, 0.1) is 5.82 Å². The van der Waals surface area contributed by atoms with Crippen molar-refractivity contribution in [2.75, 3.05) is 0 Å². The number of hydrogen-bond acceptors (Lipinski definition) is 4. The molecule has 0 spiro atoms. The molecule has 4 rings (SSSR count). The quantitative estimate of drug-likeness (QED) is 0.277. The maximum Gasteiger partial charge on any atom is 0.282 e. The van der Waals surface area contributed by atoms with Gasteiger partial charge in [-0.05, 0) is 60.5 Å². The minimum atomic E-state index is -0.292. The van der Waals surface area contributed by atoms with Gasteiger partial charge in [-0.3, -0.25) is 4.79 Å². The highest BCUT2D eigenvalue weighted by molar-refractivity contribution is 9.10. The Hall–Kier alpha value is -3.32. The molecule has 0 bridgehead atoms. The third kappa shape index (κ3) is 5.20. The van der Waals surface area contributed by atoms with E-state index in [9.17, 15) is 9.18 Å². The van der Waals surface area contributed by atoms with Crippen molar-refractivity contribution in [3.63, 3.8) is 0 Å². The first-order chi connectivity index (χ1) is 16.0. The zero-order chi connectivity index (χ0) is 23.4. The topological polar surface area (TPSA) is 56.5 Å². The fourth-order valence-corrected chi connectivity index (χ4v) is 3.69. The average Bonchev–Trinajstić information content (AvgIpc) is 2.83. The number of fused-ring (bicyclic) bond motifs is 1. The van der Waals surface area contributed by atoms with Gasteiger partial charge in [-0.25, -0.2) is 9.37 Å². The van der Waals surface area contributed by atoms with Crippen LogP contribution in [0.15, 0.2) is 81.1 Å². The number of ether oxygens (including phenoxy) is 1. The second-order valence-corrected chi connectivity index (χ2v) is 8.67. The molecule has 3 aromatic carbocycles. The van der Waals surface area contributed by atoms with Gasteiger partial charge in [0.1, 0.15) is 24.0 Å². The summed E-state index contributed by atoms with van der Waals surface area (Å²) < 4.78 is 21.6. The Morgan fingerprint density at radius 3 is 2.64 bits per heavy atom. The molecule has 0 amide bonds. The first-order valence-electron chi connectivity index (χ1n) is 10.7. The van der Waals surface area contributed by atoms with E-state index < -0.39 is 0 Å². The van der Waals surface area contributed by atoms with Crippen molar-refractivity contribution in [3.8, 4) is 5.75 Å². The van der Waals surface area contributed by atoms with Gasteiger partial charge in [-0.2, -0.15) is 9.78 Å². The lowest BCUT2D eigenvalue weighted by molar-refractivity contribution is 0.300. The predicted molar refractivity (Wildman–Crippen MR) is 133 cm³/mol. The smallest absolute Gasteiger partial charge is 0.282 e. The van der Waals surface area contributed by atoms with Crippen LogP contribution < -0.4 is 10.3 Å². The maximum absolute atomic E-state index is 13.8. The molecule has 4 aromatic rings. The second kappa shape index (κ2) is 10.1. The summed E-state index contributed by atoms with van der Waals surface area (Å²) in [5, 5.41) is 4.98. The van der Waals surface area contributed by atoms with Crippen LogP contribution in [-0.4, -0.2) is 15.9 Å². The number of halogens is 2. The van der Waals surface area contributed by atoms with Gasteiger partial charge in [0.05, 0.1) is 17.1 Å². The lowest BCUT2D eigenvalue weighted by Crippen LogP contribution is -2.23. The van der Waals surface area contributed by atoms with Gasteiger partial charge < -0.3 is 4.74 Å². The number of rotatable bonds is 7. The number of aromatic nitrogens is 2. The van der Waals surface area contributed by atoms with E-state index in [1.165, 1.54) is 10.7 Å². The van der Waals surface area contributed by atoms with Crippen LogP contribution in [0.4, 0.5) is 4.39 Å². The fraction of sp³-hybridized carbons (Fsp3) is 0.192. The molecular weight excluding hydrogens is 485 g/mol. The van der Waals surface area contributed by atoms with Crippen molar-refractivity contribution in [3.05, 3.63) is 104 Å². The molecule has 0 aliphatic heterocycles. The largest absolute Gasteiger partial charge is 0.489 e. The molecule has 0 saturated carbocycles. The van der Waals surface area contributed by atoms with Crippen LogP contribution in [0.3, 0.4) is 0 Å². The van der Waals surface area contributed by atoms with Crippen LogP contribution in [0.2, 0.25) is 0 Å². The number of nitrogens with zero attached hydrogens (tertiary/aromatic N) is 3. The molecule has 0 radical (unpaired) electrons. The van der Waals surface area contributed by atoms with Crippen LogP contribution in [0.25, 0.3) is 10.9 Å². The third-order valence-corrected chi connectivity index (χ3v) is 5.93. The summed E-state index contributed by atoms with van der Waals surface area (Å²) in [7, 11) is 0. The molecule has 1 heterocycles. The Kier molecular flexibility index (Phi) is 6.99. The molecular formula is C26H23BrFN3O2. The van der Waals surface area contributed by atoms with Gasteiger partial charge in [0.2, 0.25) is 0 Å². The van der Waals surface area contributed by atoms with Crippen LogP contribution >= 0.6 is 15.9 Å². The van der Waals surface area contributed by atoms with Gasteiger partial charge in [0.25, 0.3) is 5.56 Å². The number of hydrogen-bond donors (Lipinski definition) is 0. The monoisotopic (exact) mass is 507 g/mol. The molecule has 33 heavy (non-hydrogen) atoms. The van der Waals surface area contributed by atoms with Crippen molar-refractivity contribution >= 4 is 33.0 Å². The molecule has 1 atom stereocenters. The minimum Gasteiger partial charge on any atom is -0.489 e. The number of benzene rings is 3. The van der Waals surface area contributed by atoms with Crippen molar-refractivity contribution < 1.29 is 9.13 Å². The maximum atomic E-state index is 13.8. The normalized spacial score (nSPS) is 12.4. The molecule has 1 aromatic heterocycles. The highest BCUT2D eigenvalue weighted by Gasteiger charge is 2.15. The Labute approximate surface area is 199 Å². The summed E-state index contributed by atoms with van der Waals surface area (Å²) in [5.74, 6) is 1.01. The van der Waals surface area contributed by atoms with E-state index in [-0.39, 0.29) is 23.9 Å². The van der Waals surface area contributed by atoms with E-state index in [0.29, 0.717) is 28.0 Å². The average molecular weight is 508 g/mol. The minimum absolute atomic E-state index is 0.0667. The van der Waals surface area contributed by atoms with Gasteiger partial charge in [0, 0.05) is 16.0 Å². The lowest BCUT2D eigenvalue weighted by atomic mass is 10.1. The highest BCUT2D eigenvalue weighted by Crippen LogP contribution is 2.21. The van der Waals surface area contributed by atoms with Gasteiger partial charge in [-0.1, -0.05) is 48.0 Å². The van der Waals surface area contributed by atoms with Crippen molar-refractivity contribution in [1.29, 1.82) is 0 Å². The van der Waals surface area contributed by atoms with Crippen molar-refractivity contribution in [2.45, 2.75) is 32.8 Å². The highest BCUT2D eigenvalue weighted by atomic mass is 79.9.